The molecule has 132 valence electrons. The Bertz CT molecular complexity index is 581. The monoisotopic (exact) mass is 334 g/mol. The van der Waals surface area contributed by atoms with Crippen LogP contribution in [-0.4, -0.2) is 42.3 Å². The van der Waals surface area contributed by atoms with E-state index in [1.165, 1.54) is 0 Å². The molecule has 1 saturated carbocycles. The van der Waals surface area contributed by atoms with E-state index in [9.17, 15) is 9.90 Å². The van der Waals surface area contributed by atoms with Crippen LogP contribution in [0, 0.1) is 13.8 Å². The van der Waals surface area contributed by atoms with Gasteiger partial charge in [0.25, 0.3) is 0 Å². The molecule has 6 heteroatoms. The molecule has 1 saturated heterocycles. The summed E-state index contributed by atoms with van der Waals surface area (Å²) in [4.78, 5) is 12.1. The van der Waals surface area contributed by atoms with Crippen molar-refractivity contribution in [3.63, 3.8) is 0 Å². The number of nitrogens with one attached hydrogen (secondary N) is 2. The molecule has 0 radical (unpaired) electrons. The maximum absolute atomic E-state index is 12.1. The van der Waals surface area contributed by atoms with Crippen molar-refractivity contribution in [2.75, 3.05) is 25.1 Å². The van der Waals surface area contributed by atoms with Crippen LogP contribution in [0.25, 0.3) is 0 Å². The summed E-state index contributed by atoms with van der Waals surface area (Å²) in [6, 6.07) is 5.58. The third-order valence-corrected chi connectivity index (χ3v) is 4.81. The molecule has 3 rings (SSSR count). The van der Waals surface area contributed by atoms with E-state index in [4.69, 9.17) is 9.47 Å². The van der Waals surface area contributed by atoms with Gasteiger partial charge >= 0.3 is 6.03 Å². The van der Waals surface area contributed by atoms with Gasteiger partial charge in [0.15, 0.2) is 5.79 Å². The molecule has 0 atom stereocenters. The minimum Gasteiger partial charge on any atom is -0.388 e. The van der Waals surface area contributed by atoms with Crippen LogP contribution in [0.4, 0.5) is 10.5 Å². The van der Waals surface area contributed by atoms with E-state index in [0.717, 1.165) is 16.8 Å². The van der Waals surface area contributed by atoms with Crippen LogP contribution in [0.3, 0.4) is 0 Å². The highest BCUT2D eigenvalue weighted by atomic mass is 16.7. The second-order valence-electron chi connectivity index (χ2n) is 7.02. The molecule has 1 aromatic rings. The maximum Gasteiger partial charge on any atom is 0.319 e. The van der Waals surface area contributed by atoms with Crippen LogP contribution in [0.1, 0.15) is 36.8 Å². The largest absolute Gasteiger partial charge is 0.388 e. The van der Waals surface area contributed by atoms with Crippen LogP contribution in [0.2, 0.25) is 0 Å². The number of rotatable bonds is 3. The Morgan fingerprint density at radius 1 is 1.08 bits per heavy atom. The lowest BCUT2D eigenvalue weighted by atomic mass is 9.81. The Kier molecular flexibility index (Phi) is 4.80. The first kappa shape index (κ1) is 17.2. The number of carbonyl (C=O) groups is 1. The molecule has 3 N–H and O–H groups in total. The smallest absolute Gasteiger partial charge is 0.319 e. The Morgan fingerprint density at radius 3 is 2.25 bits per heavy atom. The average molecular weight is 334 g/mol. The van der Waals surface area contributed by atoms with Crippen LogP contribution in [0.15, 0.2) is 18.2 Å². The quantitative estimate of drug-likeness (QED) is 0.793. The highest BCUT2D eigenvalue weighted by molar-refractivity contribution is 5.89. The Morgan fingerprint density at radius 2 is 1.67 bits per heavy atom. The fraction of sp³-hybridized carbons (Fsp3) is 0.611. The maximum atomic E-state index is 12.1. The molecule has 0 bridgehead atoms. The summed E-state index contributed by atoms with van der Waals surface area (Å²) in [6.45, 7) is 5.44. The van der Waals surface area contributed by atoms with Gasteiger partial charge in [-0.25, -0.2) is 4.79 Å². The molecule has 1 aliphatic carbocycles. The van der Waals surface area contributed by atoms with Crippen molar-refractivity contribution < 1.29 is 19.4 Å². The molecule has 1 heterocycles. The van der Waals surface area contributed by atoms with Crippen LogP contribution >= 0.6 is 0 Å². The minimum absolute atomic E-state index is 0.222. The fourth-order valence-electron chi connectivity index (χ4n) is 3.53. The molecule has 2 fully saturated rings. The van der Waals surface area contributed by atoms with Crippen molar-refractivity contribution in [1.29, 1.82) is 0 Å². The molecule has 6 nitrogen and oxygen atoms in total. The molecular formula is C18H26N2O4. The normalized spacial score (nSPS) is 21.6. The molecule has 2 aliphatic rings. The van der Waals surface area contributed by atoms with Crippen molar-refractivity contribution in [2.45, 2.75) is 50.9 Å². The number of aliphatic hydroxyl groups is 1. The van der Waals surface area contributed by atoms with Gasteiger partial charge in [-0.2, -0.15) is 0 Å². The van der Waals surface area contributed by atoms with E-state index in [2.05, 4.69) is 16.7 Å². The molecule has 1 aromatic carbocycles. The van der Waals surface area contributed by atoms with Crippen molar-refractivity contribution in [3.8, 4) is 0 Å². The van der Waals surface area contributed by atoms with Gasteiger partial charge in [0.2, 0.25) is 0 Å². The number of hydrogen-bond donors (Lipinski definition) is 3. The number of amides is 2. The van der Waals surface area contributed by atoms with Crippen LogP contribution in [-0.2, 0) is 9.47 Å². The van der Waals surface area contributed by atoms with E-state index in [1.54, 1.807) is 0 Å². The number of urea groups is 1. The predicted molar refractivity (Wildman–Crippen MR) is 91.0 cm³/mol. The predicted octanol–water partition coefficient (Wildman–Crippen LogP) is 2.47. The lowest BCUT2D eigenvalue weighted by Gasteiger charge is -2.40. The SMILES string of the molecule is Cc1cc(C)cc(NC(=O)NCC2(O)CCC3(CC2)OCCO3)c1. The average Bonchev–Trinajstić information content (AvgIpc) is 2.97. The zero-order valence-electron chi connectivity index (χ0n) is 14.4. The topological polar surface area (TPSA) is 79.8 Å². The Balaban J connectivity index is 1.49. The number of ether oxygens (including phenoxy) is 2. The Hall–Kier alpha value is -1.63. The zero-order valence-corrected chi connectivity index (χ0v) is 14.4. The number of benzene rings is 1. The number of anilines is 1. The number of hydrogen-bond acceptors (Lipinski definition) is 4. The lowest BCUT2D eigenvalue weighted by molar-refractivity contribution is -0.201. The molecule has 0 unspecified atom stereocenters. The summed E-state index contributed by atoms with van der Waals surface area (Å²) in [6.07, 6.45) is 2.42. The first-order valence-corrected chi connectivity index (χ1v) is 8.52. The lowest BCUT2D eigenvalue weighted by Crippen LogP contribution is -2.50. The highest BCUT2D eigenvalue weighted by Crippen LogP contribution is 2.39. The second-order valence-corrected chi connectivity index (χ2v) is 7.02. The second kappa shape index (κ2) is 6.70. The summed E-state index contributed by atoms with van der Waals surface area (Å²) in [5.74, 6) is -0.506. The van der Waals surface area contributed by atoms with E-state index in [0.29, 0.717) is 38.9 Å². The van der Waals surface area contributed by atoms with Crippen molar-refractivity contribution in [2.24, 2.45) is 0 Å². The standard InChI is InChI=1S/C18H26N2O4/c1-13-9-14(2)11-15(10-13)20-16(21)19-12-17(22)3-5-18(6-4-17)23-7-8-24-18/h9-11,22H,3-8,12H2,1-2H3,(H2,19,20,21). The third-order valence-electron chi connectivity index (χ3n) is 4.81. The van der Waals surface area contributed by atoms with Gasteiger partial charge in [0.1, 0.15) is 0 Å². The molecule has 1 aliphatic heterocycles. The molecule has 2 amide bonds. The van der Waals surface area contributed by atoms with Crippen molar-refractivity contribution in [3.05, 3.63) is 29.3 Å². The van der Waals surface area contributed by atoms with Gasteiger partial charge < -0.3 is 25.2 Å². The molecule has 1 spiro atoms. The van der Waals surface area contributed by atoms with Crippen LogP contribution in [0.5, 0.6) is 0 Å². The van der Waals surface area contributed by atoms with Gasteiger partial charge in [-0.1, -0.05) is 6.07 Å². The highest BCUT2D eigenvalue weighted by Gasteiger charge is 2.45. The van der Waals surface area contributed by atoms with Gasteiger partial charge in [-0.3, -0.25) is 0 Å². The van der Waals surface area contributed by atoms with Gasteiger partial charge in [-0.05, 0) is 49.9 Å². The van der Waals surface area contributed by atoms with E-state index < -0.39 is 11.4 Å². The fourth-order valence-corrected chi connectivity index (χ4v) is 3.53. The van der Waals surface area contributed by atoms with Gasteiger partial charge in [-0.15, -0.1) is 0 Å². The van der Waals surface area contributed by atoms with Crippen LogP contribution < -0.4 is 10.6 Å². The summed E-state index contributed by atoms with van der Waals surface area (Å²) in [7, 11) is 0. The summed E-state index contributed by atoms with van der Waals surface area (Å²) in [5.41, 5.74) is 2.05. The van der Waals surface area contributed by atoms with Crippen molar-refractivity contribution in [1.82, 2.24) is 5.32 Å². The Labute approximate surface area is 142 Å². The van der Waals surface area contributed by atoms with Crippen molar-refractivity contribution >= 4 is 11.7 Å². The zero-order chi connectivity index (χ0) is 17.2. The third kappa shape index (κ3) is 4.06. The molecule has 0 aromatic heterocycles. The van der Waals surface area contributed by atoms with Gasteiger partial charge in [0, 0.05) is 25.1 Å². The first-order chi connectivity index (χ1) is 11.4. The van der Waals surface area contributed by atoms with Gasteiger partial charge in [0.05, 0.1) is 18.8 Å². The van der Waals surface area contributed by atoms with E-state index >= 15 is 0 Å². The number of carbonyl (C=O) groups excluding carboxylic acids is 1. The summed E-state index contributed by atoms with van der Waals surface area (Å²) in [5, 5.41) is 16.3. The number of aryl methyl sites for hydroxylation is 2. The van der Waals surface area contributed by atoms with E-state index in [1.807, 2.05) is 26.0 Å². The van der Waals surface area contributed by atoms with E-state index in [-0.39, 0.29) is 12.6 Å². The molecular weight excluding hydrogens is 308 g/mol. The summed E-state index contributed by atoms with van der Waals surface area (Å²) >= 11 is 0. The summed E-state index contributed by atoms with van der Waals surface area (Å²) < 4.78 is 11.3. The minimum atomic E-state index is -0.902. The molecule has 24 heavy (non-hydrogen) atoms. The first-order valence-electron chi connectivity index (χ1n) is 8.52.